The van der Waals surface area contributed by atoms with Gasteiger partial charge in [-0.3, -0.25) is 19.8 Å². The van der Waals surface area contributed by atoms with Crippen LogP contribution in [0.4, 0.5) is 4.79 Å². The summed E-state index contributed by atoms with van der Waals surface area (Å²) in [5.41, 5.74) is 0. The van der Waals surface area contributed by atoms with Gasteiger partial charge in [0.05, 0.1) is 0 Å². The maximum absolute atomic E-state index is 11.1. The van der Waals surface area contributed by atoms with Crippen LogP contribution in [-0.2, 0) is 9.59 Å². The van der Waals surface area contributed by atoms with Gasteiger partial charge in [-0.25, -0.2) is 4.79 Å². The normalized spacial score (nSPS) is 18.7. The largest absolute Gasteiger partial charge is 0.331 e. The second-order valence-electron chi connectivity index (χ2n) is 3.05. The molecule has 1 unspecified atom stereocenters. The number of imide groups is 2. The molecule has 0 aromatic rings. The topological polar surface area (TPSA) is 66.5 Å². The number of amides is 4. The first kappa shape index (κ1) is 11.0. The third-order valence-electron chi connectivity index (χ3n) is 2.07. The maximum atomic E-state index is 11.1. The molecule has 0 aromatic carbocycles. The van der Waals surface area contributed by atoms with Crippen molar-refractivity contribution in [1.82, 2.24) is 10.2 Å². The molecule has 6 heteroatoms. The Bertz CT molecular complexity index is 280. The first-order chi connectivity index (χ1) is 6.56. The van der Waals surface area contributed by atoms with Gasteiger partial charge in [0.25, 0.3) is 0 Å². The SMILES string of the molecule is CSC(C)CCN1C(=O)NC(=O)C1=O. The van der Waals surface area contributed by atoms with E-state index in [4.69, 9.17) is 0 Å². The number of nitrogens with zero attached hydrogens (tertiary/aromatic N) is 1. The monoisotopic (exact) mass is 216 g/mol. The molecule has 0 radical (unpaired) electrons. The van der Waals surface area contributed by atoms with Gasteiger partial charge in [-0.1, -0.05) is 6.92 Å². The quantitative estimate of drug-likeness (QED) is 0.538. The lowest BCUT2D eigenvalue weighted by Gasteiger charge is -2.13. The molecule has 5 nitrogen and oxygen atoms in total. The van der Waals surface area contributed by atoms with Gasteiger partial charge in [0.15, 0.2) is 0 Å². The van der Waals surface area contributed by atoms with Crippen LogP contribution in [0.15, 0.2) is 0 Å². The van der Waals surface area contributed by atoms with Crippen LogP contribution < -0.4 is 5.32 Å². The molecule has 1 N–H and O–H groups in total. The number of carbonyl (C=O) groups is 3. The summed E-state index contributed by atoms with van der Waals surface area (Å²) < 4.78 is 0. The van der Waals surface area contributed by atoms with Gasteiger partial charge in [-0.15, -0.1) is 0 Å². The van der Waals surface area contributed by atoms with Crippen molar-refractivity contribution in [1.29, 1.82) is 0 Å². The molecule has 0 spiro atoms. The van der Waals surface area contributed by atoms with Gasteiger partial charge in [0.2, 0.25) is 0 Å². The van der Waals surface area contributed by atoms with E-state index < -0.39 is 17.8 Å². The van der Waals surface area contributed by atoms with E-state index in [2.05, 4.69) is 0 Å². The standard InChI is InChI=1S/C8H12N2O3S/c1-5(14-2)3-4-10-7(12)6(11)9-8(10)13/h5H,3-4H2,1-2H3,(H,9,11,13). The smallest absolute Gasteiger partial charge is 0.269 e. The molecule has 0 saturated carbocycles. The van der Waals surface area contributed by atoms with Crippen molar-refractivity contribution in [2.75, 3.05) is 12.8 Å². The highest BCUT2D eigenvalue weighted by Gasteiger charge is 2.36. The van der Waals surface area contributed by atoms with Crippen LogP contribution >= 0.6 is 11.8 Å². The fraction of sp³-hybridized carbons (Fsp3) is 0.625. The third-order valence-corrected chi connectivity index (χ3v) is 3.11. The molecule has 1 aliphatic rings. The number of nitrogens with one attached hydrogen (secondary N) is 1. The first-order valence-corrected chi connectivity index (χ1v) is 5.54. The van der Waals surface area contributed by atoms with Gasteiger partial charge < -0.3 is 0 Å². The predicted octanol–water partition coefficient (Wildman–Crippen LogP) is 0.206. The fourth-order valence-electron chi connectivity index (χ4n) is 1.06. The van der Waals surface area contributed by atoms with Crippen molar-refractivity contribution in [3.63, 3.8) is 0 Å². The lowest BCUT2D eigenvalue weighted by molar-refractivity contribution is -0.140. The van der Waals surface area contributed by atoms with Gasteiger partial charge in [-0.05, 0) is 12.7 Å². The molecule has 1 atom stereocenters. The molecule has 0 aromatic heterocycles. The summed E-state index contributed by atoms with van der Waals surface area (Å²) in [6.45, 7) is 2.31. The van der Waals surface area contributed by atoms with Gasteiger partial charge in [0, 0.05) is 11.8 Å². The van der Waals surface area contributed by atoms with Crippen molar-refractivity contribution < 1.29 is 14.4 Å². The summed E-state index contributed by atoms with van der Waals surface area (Å²) in [4.78, 5) is 33.9. The maximum Gasteiger partial charge on any atom is 0.331 e. The zero-order valence-electron chi connectivity index (χ0n) is 8.07. The Morgan fingerprint density at radius 1 is 1.43 bits per heavy atom. The lowest BCUT2D eigenvalue weighted by Crippen LogP contribution is -2.33. The minimum atomic E-state index is -0.827. The molecule has 1 saturated heterocycles. The molecular weight excluding hydrogens is 204 g/mol. The van der Waals surface area contributed by atoms with E-state index in [1.807, 2.05) is 18.5 Å². The summed E-state index contributed by atoms with van der Waals surface area (Å²) in [5.74, 6) is -1.57. The van der Waals surface area contributed by atoms with E-state index in [9.17, 15) is 14.4 Å². The van der Waals surface area contributed by atoms with Crippen LogP contribution in [0.1, 0.15) is 13.3 Å². The Hall–Kier alpha value is -1.04. The van der Waals surface area contributed by atoms with E-state index in [-0.39, 0.29) is 0 Å². The zero-order valence-corrected chi connectivity index (χ0v) is 8.89. The minimum Gasteiger partial charge on any atom is -0.269 e. The highest BCUT2D eigenvalue weighted by molar-refractivity contribution is 7.99. The number of rotatable bonds is 4. The average Bonchev–Trinajstić information content (AvgIpc) is 2.39. The molecule has 1 aliphatic heterocycles. The molecule has 0 bridgehead atoms. The van der Waals surface area contributed by atoms with E-state index in [1.165, 1.54) is 0 Å². The summed E-state index contributed by atoms with van der Waals surface area (Å²) in [7, 11) is 0. The molecule has 4 amide bonds. The van der Waals surface area contributed by atoms with Crippen molar-refractivity contribution in [3.05, 3.63) is 0 Å². The summed E-state index contributed by atoms with van der Waals surface area (Å²) in [6.07, 6.45) is 2.66. The Balaban J connectivity index is 2.48. The fourth-order valence-corrected chi connectivity index (χ4v) is 1.41. The second-order valence-corrected chi connectivity index (χ2v) is 4.33. The Labute approximate surface area is 86.2 Å². The lowest BCUT2D eigenvalue weighted by atomic mass is 10.3. The van der Waals surface area contributed by atoms with Crippen molar-refractivity contribution in [2.45, 2.75) is 18.6 Å². The van der Waals surface area contributed by atoms with E-state index in [0.717, 1.165) is 4.90 Å². The van der Waals surface area contributed by atoms with Crippen LogP contribution in [-0.4, -0.2) is 40.8 Å². The molecule has 78 valence electrons. The predicted molar refractivity (Wildman–Crippen MR) is 52.8 cm³/mol. The number of thioether (sulfide) groups is 1. The number of hydrogen-bond acceptors (Lipinski definition) is 4. The summed E-state index contributed by atoms with van der Waals surface area (Å²) >= 11 is 1.66. The van der Waals surface area contributed by atoms with Crippen molar-refractivity contribution in [3.8, 4) is 0 Å². The Morgan fingerprint density at radius 3 is 2.50 bits per heavy atom. The summed E-state index contributed by atoms with van der Waals surface area (Å²) in [6, 6.07) is -0.603. The van der Waals surface area contributed by atoms with Crippen molar-refractivity contribution in [2.24, 2.45) is 0 Å². The zero-order chi connectivity index (χ0) is 10.7. The van der Waals surface area contributed by atoms with E-state index >= 15 is 0 Å². The minimum absolute atomic E-state index is 0.304. The highest BCUT2D eigenvalue weighted by Crippen LogP contribution is 2.11. The molecule has 1 fully saturated rings. The van der Waals surface area contributed by atoms with Crippen LogP contribution in [0.25, 0.3) is 0 Å². The van der Waals surface area contributed by atoms with Crippen LogP contribution in [0.3, 0.4) is 0 Å². The summed E-state index contributed by atoms with van der Waals surface area (Å²) in [5, 5.41) is 2.32. The Kier molecular flexibility index (Phi) is 3.51. The average molecular weight is 216 g/mol. The second kappa shape index (κ2) is 4.45. The van der Waals surface area contributed by atoms with E-state index in [1.54, 1.807) is 11.8 Å². The van der Waals surface area contributed by atoms with Crippen LogP contribution in [0, 0.1) is 0 Å². The molecule has 0 aliphatic carbocycles. The van der Waals surface area contributed by atoms with Gasteiger partial charge >= 0.3 is 17.8 Å². The molecule has 1 rings (SSSR count). The van der Waals surface area contributed by atoms with Gasteiger partial charge in [0.1, 0.15) is 0 Å². The van der Waals surface area contributed by atoms with Crippen LogP contribution in [0.2, 0.25) is 0 Å². The molecular formula is C8H12N2O3S. The third kappa shape index (κ3) is 2.25. The number of hydrogen-bond donors (Lipinski definition) is 1. The Morgan fingerprint density at radius 2 is 2.07 bits per heavy atom. The highest BCUT2D eigenvalue weighted by atomic mass is 32.2. The van der Waals surface area contributed by atoms with Crippen LogP contribution in [0.5, 0.6) is 0 Å². The molecule has 1 heterocycles. The van der Waals surface area contributed by atoms with E-state index in [0.29, 0.717) is 18.2 Å². The number of urea groups is 1. The molecule has 14 heavy (non-hydrogen) atoms. The number of carbonyl (C=O) groups excluding carboxylic acids is 3. The van der Waals surface area contributed by atoms with Gasteiger partial charge in [-0.2, -0.15) is 11.8 Å². The first-order valence-electron chi connectivity index (χ1n) is 4.26. The van der Waals surface area contributed by atoms with Crippen molar-refractivity contribution >= 4 is 29.6 Å².